The van der Waals surface area contributed by atoms with Crippen LogP contribution in [0.1, 0.15) is 44.6 Å². The first-order chi connectivity index (χ1) is 9.61. The zero-order chi connectivity index (χ0) is 14.5. The summed E-state index contributed by atoms with van der Waals surface area (Å²) in [6.07, 6.45) is 3.31. The maximum absolute atomic E-state index is 12.3. The van der Waals surface area contributed by atoms with Crippen molar-refractivity contribution in [2.45, 2.75) is 45.1 Å². The van der Waals surface area contributed by atoms with Crippen LogP contribution in [0.15, 0.2) is 30.3 Å². The fourth-order valence-electron chi connectivity index (χ4n) is 3.08. The zero-order valence-electron chi connectivity index (χ0n) is 12.2. The number of nitrogens with one attached hydrogen (secondary N) is 1. The van der Waals surface area contributed by atoms with Gasteiger partial charge in [0.05, 0.1) is 6.07 Å². The number of rotatable bonds is 3. The average molecular weight is 270 g/mol. The Bertz CT molecular complexity index is 491. The topological polar surface area (TPSA) is 52.9 Å². The predicted molar refractivity (Wildman–Crippen MR) is 78.9 cm³/mol. The van der Waals surface area contributed by atoms with Crippen LogP contribution < -0.4 is 5.32 Å². The second-order valence-electron chi connectivity index (χ2n) is 5.98. The summed E-state index contributed by atoms with van der Waals surface area (Å²) in [5, 5.41) is 12.4. The number of carbonyl (C=O) groups excluding carboxylic acids is 1. The van der Waals surface area contributed by atoms with Crippen LogP contribution in [0, 0.1) is 23.2 Å². The lowest BCUT2D eigenvalue weighted by Crippen LogP contribution is -2.44. The third-order valence-electron chi connectivity index (χ3n) is 4.28. The van der Waals surface area contributed by atoms with Crippen LogP contribution in [0.3, 0.4) is 0 Å². The molecule has 1 fully saturated rings. The summed E-state index contributed by atoms with van der Waals surface area (Å²) in [6.45, 7) is 4.45. The van der Waals surface area contributed by atoms with Crippen LogP contribution in [0.4, 0.5) is 0 Å². The normalized spacial score (nSPS) is 27.4. The molecule has 1 aliphatic rings. The smallest absolute Gasteiger partial charge is 0.242 e. The third kappa shape index (κ3) is 3.39. The monoisotopic (exact) mass is 270 g/mol. The molecule has 106 valence electrons. The Labute approximate surface area is 121 Å². The molecule has 1 aliphatic carbocycles. The number of hydrogen-bond acceptors (Lipinski definition) is 2. The zero-order valence-corrected chi connectivity index (χ0v) is 12.2. The second-order valence-corrected chi connectivity index (χ2v) is 5.98. The van der Waals surface area contributed by atoms with E-state index in [1.807, 2.05) is 30.3 Å². The molecule has 3 nitrogen and oxygen atoms in total. The van der Waals surface area contributed by atoms with Crippen molar-refractivity contribution in [2.24, 2.45) is 11.8 Å². The Hall–Kier alpha value is -1.82. The van der Waals surface area contributed by atoms with E-state index in [1.54, 1.807) is 0 Å². The van der Waals surface area contributed by atoms with Crippen molar-refractivity contribution in [3.05, 3.63) is 35.9 Å². The SMILES string of the molecule is CC1CCC(NC(=O)C(C#N)c2ccccc2)C(C)C1. The molecule has 1 saturated carbocycles. The summed E-state index contributed by atoms with van der Waals surface area (Å²) in [5.74, 6) is 0.352. The number of benzene rings is 1. The van der Waals surface area contributed by atoms with Crippen molar-refractivity contribution < 1.29 is 4.79 Å². The van der Waals surface area contributed by atoms with E-state index in [0.717, 1.165) is 30.7 Å². The Kier molecular flexibility index (Phi) is 4.79. The number of nitriles is 1. The Balaban J connectivity index is 2.02. The van der Waals surface area contributed by atoms with Gasteiger partial charge in [-0.2, -0.15) is 5.26 Å². The molecule has 20 heavy (non-hydrogen) atoms. The maximum Gasteiger partial charge on any atom is 0.242 e. The van der Waals surface area contributed by atoms with Crippen LogP contribution in [-0.4, -0.2) is 11.9 Å². The van der Waals surface area contributed by atoms with E-state index in [-0.39, 0.29) is 11.9 Å². The van der Waals surface area contributed by atoms with Crippen LogP contribution in [0.25, 0.3) is 0 Å². The molecule has 0 spiro atoms. The van der Waals surface area contributed by atoms with Crippen LogP contribution in [-0.2, 0) is 4.79 Å². The number of nitrogens with zero attached hydrogens (tertiary/aromatic N) is 1. The average Bonchev–Trinajstić information content (AvgIpc) is 2.44. The fourth-order valence-corrected chi connectivity index (χ4v) is 3.08. The standard InChI is InChI=1S/C17H22N2O/c1-12-8-9-16(13(2)10-12)19-17(20)15(11-18)14-6-4-3-5-7-14/h3-7,12-13,15-16H,8-10H2,1-2H3,(H,19,20). The highest BCUT2D eigenvalue weighted by atomic mass is 16.1. The fraction of sp³-hybridized carbons (Fsp3) is 0.529. The molecule has 0 heterocycles. The van der Waals surface area contributed by atoms with E-state index < -0.39 is 5.92 Å². The molecule has 1 N–H and O–H groups in total. The van der Waals surface area contributed by atoms with Gasteiger partial charge in [0.25, 0.3) is 0 Å². The molecule has 0 saturated heterocycles. The summed E-state index contributed by atoms with van der Waals surface area (Å²) in [7, 11) is 0. The highest BCUT2D eigenvalue weighted by molar-refractivity contribution is 5.86. The predicted octanol–water partition coefficient (Wildman–Crippen LogP) is 3.23. The Morgan fingerprint density at radius 3 is 2.60 bits per heavy atom. The second kappa shape index (κ2) is 6.56. The summed E-state index contributed by atoms with van der Waals surface area (Å²) >= 11 is 0. The lowest BCUT2D eigenvalue weighted by molar-refractivity contribution is -0.122. The van der Waals surface area contributed by atoms with Crippen LogP contribution in [0.2, 0.25) is 0 Å². The minimum atomic E-state index is -0.706. The lowest BCUT2D eigenvalue weighted by atomic mass is 9.79. The number of hydrogen-bond donors (Lipinski definition) is 1. The Morgan fingerprint density at radius 2 is 2.00 bits per heavy atom. The van der Waals surface area contributed by atoms with Crippen molar-refractivity contribution in [3.8, 4) is 6.07 Å². The van der Waals surface area contributed by atoms with Gasteiger partial charge in [-0.1, -0.05) is 44.2 Å². The van der Waals surface area contributed by atoms with Gasteiger partial charge in [-0.05, 0) is 36.7 Å². The molecule has 0 aliphatic heterocycles. The number of amides is 1. The minimum absolute atomic E-state index is 0.162. The van der Waals surface area contributed by atoms with Gasteiger partial charge < -0.3 is 5.32 Å². The Morgan fingerprint density at radius 1 is 1.30 bits per heavy atom. The molecule has 2 rings (SSSR count). The molecule has 1 amide bonds. The summed E-state index contributed by atoms with van der Waals surface area (Å²) in [4.78, 5) is 12.3. The van der Waals surface area contributed by atoms with Crippen molar-refractivity contribution in [2.75, 3.05) is 0 Å². The van der Waals surface area contributed by atoms with Crippen LogP contribution in [0.5, 0.6) is 0 Å². The first-order valence-corrected chi connectivity index (χ1v) is 7.36. The van der Waals surface area contributed by atoms with Crippen molar-refractivity contribution in [1.29, 1.82) is 5.26 Å². The van der Waals surface area contributed by atoms with Gasteiger partial charge in [0.1, 0.15) is 5.92 Å². The van der Waals surface area contributed by atoms with Crippen molar-refractivity contribution >= 4 is 5.91 Å². The summed E-state index contributed by atoms with van der Waals surface area (Å²) in [5.41, 5.74) is 0.768. The van der Waals surface area contributed by atoms with Gasteiger partial charge in [-0.25, -0.2) is 0 Å². The molecule has 3 heteroatoms. The molecular formula is C17H22N2O. The van der Waals surface area contributed by atoms with Gasteiger partial charge in [-0.3, -0.25) is 4.79 Å². The van der Waals surface area contributed by atoms with Crippen LogP contribution >= 0.6 is 0 Å². The maximum atomic E-state index is 12.3. The first-order valence-electron chi connectivity index (χ1n) is 7.36. The highest BCUT2D eigenvalue weighted by Crippen LogP contribution is 2.29. The summed E-state index contributed by atoms with van der Waals surface area (Å²) in [6, 6.07) is 11.6. The largest absolute Gasteiger partial charge is 0.352 e. The van der Waals surface area contributed by atoms with E-state index in [1.165, 1.54) is 0 Å². The molecule has 1 aromatic carbocycles. The van der Waals surface area contributed by atoms with Crippen molar-refractivity contribution in [1.82, 2.24) is 5.32 Å². The van der Waals surface area contributed by atoms with Gasteiger partial charge in [0.15, 0.2) is 0 Å². The molecule has 1 aromatic rings. The van der Waals surface area contributed by atoms with E-state index in [9.17, 15) is 10.1 Å². The third-order valence-corrected chi connectivity index (χ3v) is 4.28. The van der Waals surface area contributed by atoms with E-state index >= 15 is 0 Å². The van der Waals surface area contributed by atoms with Gasteiger partial charge in [0, 0.05) is 6.04 Å². The van der Waals surface area contributed by atoms with E-state index in [0.29, 0.717) is 5.92 Å². The molecule has 0 radical (unpaired) electrons. The minimum Gasteiger partial charge on any atom is -0.352 e. The van der Waals surface area contributed by atoms with E-state index in [4.69, 9.17) is 0 Å². The van der Waals surface area contributed by atoms with Gasteiger partial charge in [0.2, 0.25) is 5.91 Å². The summed E-state index contributed by atoms with van der Waals surface area (Å²) < 4.78 is 0. The molecular weight excluding hydrogens is 248 g/mol. The van der Waals surface area contributed by atoms with E-state index in [2.05, 4.69) is 25.2 Å². The van der Waals surface area contributed by atoms with Gasteiger partial charge in [-0.15, -0.1) is 0 Å². The van der Waals surface area contributed by atoms with Crippen molar-refractivity contribution in [3.63, 3.8) is 0 Å². The van der Waals surface area contributed by atoms with Gasteiger partial charge >= 0.3 is 0 Å². The quantitative estimate of drug-likeness (QED) is 0.916. The molecule has 0 bridgehead atoms. The molecule has 0 aromatic heterocycles. The highest BCUT2D eigenvalue weighted by Gasteiger charge is 2.29. The molecule has 4 atom stereocenters. The lowest BCUT2D eigenvalue weighted by Gasteiger charge is -2.33. The number of carbonyl (C=O) groups is 1. The first kappa shape index (κ1) is 14.6. The molecule has 4 unspecified atom stereocenters.